The highest BCUT2D eigenvalue weighted by Gasteiger charge is 2.32. The Morgan fingerprint density at radius 1 is 1.29 bits per heavy atom. The zero-order valence-electron chi connectivity index (χ0n) is 10.1. The molecule has 0 saturated carbocycles. The van der Waals surface area contributed by atoms with Gasteiger partial charge in [0, 0.05) is 13.0 Å². The molecule has 1 heterocycles. The minimum Gasteiger partial charge on any atom is -0.384 e. The van der Waals surface area contributed by atoms with Gasteiger partial charge in [0.05, 0.1) is 5.69 Å². The third-order valence-electron chi connectivity index (χ3n) is 3.69. The van der Waals surface area contributed by atoms with E-state index in [0.717, 1.165) is 17.8 Å². The number of nitrogens with zero attached hydrogens (tertiary/aromatic N) is 1. The Kier molecular flexibility index (Phi) is 2.39. The summed E-state index contributed by atoms with van der Waals surface area (Å²) in [7, 11) is 1.90. The first kappa shape index (κ1) is 10.4. The molecule has 0 fully saturated rings. The normalized spacial score (nSPS) is 22.5. The molecule has 0 radical (unpaired) electrons. The number of hydrogen-bond acceptors (Lipinski definition) is 3. The maximum atomic E-state index is 5.09. The molecular formula is C14H16N2O. The molecule has 2 unspecified atom stereocenters. The van der Waals surface area contributed by atoms with Crippen LogP contribution in [0, 0.1) is 0 Å². The molecule has 2 aromatic rings. The number of rotatable bonds is 2. The zero-order chi connectivity index (χ0) is 11.8. The summed E-state index contributed by atoms with van der Waals surface area (Å²) in [5.74, 6) is 0.958. The molecule has 0 spiro atoms. The number of benzene rings is 1. The van der Waals surface area contributed by atoms with Gasteiger partial charge in [-0.3, -0.25) is 0 Å². The van der Waals surface area contributed by atoms with E-state index in [2.05, 4.69) is 41.7 Å². The molecule has 0 aliphatic heterocycles. The van der Waals surface area contributed by atoms with E-state index in [9.17, 15) is 0 Å². The lowest BCUT2D eigenvalue weighted by molar-refractivity contribution is 0.407. The number of anilines is 1. The van der Waals surface area contributed by atoms with E-state index in [1.165, 1.54) is 11.1 Å². The van der Waals surface area contributed by atoms with Crippen molar-refractivity contribution in [2.24, 2.45) is 0 Å². The van der Waals surface area contributed by atoms with Gasteiger partial charge in [0.2, 0.25) is 0 Å². The fourth-order valence-electron chi connectivity index (χ4n) is 2.83. The molecule has 0 bridgehead atoms. The van der Waals surface area contributed by atoms with E-state index >= 15 is 0 Å². The van der Waals surface area contributed by atoms with Crippen LogP contribution in [0.4, 0.5) is 5.69 Å². The van der Waals surface area contributed by atoms with Crippen LogP contribution in [0.2, 0.25) is 0 Å². The van der Waals surface area contributed by atoms with Gasteiger partial charge < -0.3 is 9.84 Å². The number of aromatic nitrogens is 1. The van der Waals surface area contributed by atoms with E-state index in [0.29, 0.717) is 11.8 Å². The highest BCUT2D eigenvalue weighted by atomic mass is 16.5. The largest absolute Gasteiger partial charge is 0.384 e. The van der Waals surface area contributed by atoms with Gasteiger partial charge in [0.1, 0.15) is 12.0 Å². The molecule has 0 amide bonds. The molecule has 1 aromatic heterocycles. The fourth-order valence-corrected chi connectivity index (χ4v) is 2.83. The highest BCUT2D eigenvalue weighted by Crippen LogP contribution is 2.45. The average molecular weight is 228 g/mol. The zero-order valence-corrected chi connectivity index (χ0v) is 10.1. The standard InChI is InChI=1S/C14H16N2O/c1-9-7-12(11-6-4-3-5-10(9)11)14-13(15-2)8-17-16-14/h3-6,8-9,12,15H,7H2,1-2H3. The Morgan fingerprint density at radius 3 is 2.82 bits per heavy atom. The van der Waals surface area contributed by atoms with E-state index in [4.69, 9.17) is 4.52 Å². The molecule has 0 saturated heterocycles. The van der Waals surface area contributed by atoms with Crippen LogP contribution in [-0.2, 0) is 0 Å². The van der Waals surface area contributed by atoms with Crippen molar-refractivity contribution >= 4 is 5.69 Å². The molecule has 2 atom stereocenters. The van der Waals surface area contributed by atoms with Gasteiger partial charge in [-0.15, -0.1) is 0 Å². The second-order valence-electron chi connectivity index (χ2n) is 4.68. The van der Waals surface area contributed by atoms with Crippen LogP contribution in [0.1, 0.15) is 42.0 Å². The third kappa shape index (κ3) is 1.54. The first-order valence-corrected chi connectivity index (χ1v) is 6.02. The Labute approximate surface area is 101 Å². The molecule has 3 heteroatoms. The van der Waals surface area contributed by atoms with Crippen molar-refractivity contribution in [2.45, 2.75) is 25.2 Å². The van der Waals surface area contributed by atoms with Crippen LogP contribution in [0.25, 0.3) is 0 Å². The lowest BCUT2D eigenvalue weighted by Crippen LogP contribution is -2.00. The van der Waals surface area contributed by atoms with Crippen molar-refractivity contribution in [3.8, 4) is 0 Å². The van der Waals surface area contributed by atoms with Gasteiger partial charge in [-0.2, -0.15) is 0 Å². The van der Waals surface area contributed by atoms with Gasteiger partial charge in [-0.1, -0.05) is 36.3 Å². The smallest absolute Gasteiger partial charge is 0.147 e. The fraction of sp³-hybridized carbons (Fsp3) is 0.357. The lowest BCUT2D eigenvalue weighted by Gasteiger charge is -2.09. The first-order valence-electron chi connectivity index (χ1n) is 6.02. The molecule has 3 nitrogen and oxygen atoms in total. The van der Waals surface area contributed by atoms with Crippen LogP contribution in [0.5, 0.6) is 0 Å². The van der Waals surface area contributed by atoms with Crippen LogP contribution >= 0.6 is 0 Å². The summed E-state index contributed by atoms with van der Waals surface area (Å²) in [4.78, 5) is 0. The molecule has 3 rings (SSSR count). The topological polar surface area (TPSA) is 38.1 Å². The Bertz CT molecular complexity index is 533. The predicted molar refractivity (Wildman–Crippen MR) is 67.4 cm³/mol. The van der Waals surface area contributed by atoms with E-state index in [-0.39, 0.29) is 0 Å². The molecule has 1 N–H and O–H groups in total. The molecule has 88 valence electrons. The lowest BCUT2D eigenvalue weighted by atomic mass is 9.97. The molecule has 1 aliphatic rings. The van der Waals surface area contributed by atoms with E-state index in [1.54, 1.807) is 6.26 Å². The minimum atomic E-state index is 0.363. The predicted octanol–water partition coefficient (Wildman–Crippen LogP) is 3.36. The van der Waals surface area contributed by atoms with Crippen molar-refractivity contribution in [3.05, 3.63) is 47.3 Å². The quantitative estimate of drug-likeness (QED) is 0.856. The summed E-state index contributed by atoms with van der Waals surface area (Å²) in [5.41, 5.74) is 4.87. The molecular weight excluding hydrogens is 212 g/mol. The Hall–Kier alpha value is -1.77. The minimum absolute atomic E-state index is 0.363. The number of nitrogens with one attached hydrogen (secondary N) is 1. The maximum Gasteiger partial charge on any atom is 0.147 e. The van der Waals surface area contributed by atoms with Gasteiger partial charge in [0.25, 0.3) is 0 Å². The summed E-state index contributed by atoms with van der Waals surface area (Å²) in [6, 6.07) is 8.64. The molecule has 1 aromatic carbocycles. The Morgan fingerprint density at radius 2 is 2.06 bits per heavy atom. The van der Waals surface area contributed by atoms with Crippen molar-refractivity contribution in [1.82, 2.24) is 5.16 Å². The van der Waals surface area contributed by atoms with Crippen molar-refractivity contribution in [2.75, 3.05) is 12.4 Å². The second kappa shape index (κ2) is 3.91. The monoisotopic (exact) mass is 228 g/mol. The Balaban J connectivity index is 2.07. The molecule has 17 heavy (non-hydrogen) atoms. The summed E-state index contributed by atoms with van der Waals surface area (Å²) < 4.78 is 5.09. The molecule has 1 aliphatic carbocycles. The van der Waals surface area contributed by atoms with Crippen LogP contribution in [0.3, 0.4) is 0 Å². The summed E-state index contributed by atoms with van der Waals surface area (Å²) in [6.45, 7) is 2.28. The summed E-state index contributed by atoms with van der Waals surface area (Å²) >= 11 is 0. The van der Waals surface area contributed by atoms with Crippen LogP contribution in [-0.4, -0.2) is 12.2 Å². The first-order chi connectivity index (χ1) is 8.31. The SMILES string of the molecule is CNc1conc1C1CC(C)c2ccccc21. The van der Waals surface area contributed by atoms with Gasteiger partial charge in [0.15, 0.2) is 0 Å². The number of hydrogen-bond donors (Lipinski definition) is 1. The van der Waals surface area contributed by atoms with E-state index < -0.39 is 0 Å². The maximum absolute atomic E-state index is 5.09. The third-order valence-corrected chi connectivity index (χ3v) is 3.69. The second-order valence-corrected chi connectivity index (χ2v) is 4.68. The number of fused-ring (bicyclic) bond motifs is 1. The highest BCUT2D eigenvalue weighted by molar-refractivity contribution is 5.52. The van der Waals surface area contributed by atoms with Crippen molar-refractivity contribution < 1.29 is 4.52 Å². The van der Waals surface area contributed by atoms with Crippen LogP contribution < -0.4 is 5.32 Å². The van der Waals surface area contributed by atoms with Crippen molar-refractivity contribution in [1.29, 1.82) is 0 Å². The van der Waals surface area contributed by atoms with Gasteiger partial charge >= 0.3 is 0 Å². The summed E-state index contributed by atoms with van der Waals surface area (Å²) in [5, 5.41) is 7.31. The van der Waals surface area contributed by atoms with E-state index in [1.807, 2.05) is 7.05 Å². The van der Waals surface area contributed by atoms with Crippen molar-refractivity contribution in [3.63, 3.8) is 0 Å². The average Bonchev–Trinajstić information content (AvgIpc) is 2.94. The van der Waals surface area contributed by atoms with Gasteiger partial charge in [-0.05, 0) is 23.5 Å². The summed E-state index contributed by atoms with van der Waals surface area (Å²) in [6.07, 6.45) is 2.79. The van der Waals surface area contributed by atoms with Crippen LogP contribution in [0.15, 0.2) is 35.1 Å². The van der Waals surface area contributed by atoms with Gasteiger partial charge in [-0.25, -0.2) is 0 Å².